The zero-order valence-electron chi connectivity index (χ0n) is 7.42. The van der Waals surface area contributed by atoms with Crippen LogP contribution in [0.3, 0.4) is 0 Å². The van der Waals surface area contributed by atoms with E-state index in [9.17, 15) is 0 Å². The molecule has 1 aliphatic heterocycles. The Kier molecular flexibility index (Phi) is 1.62. The number of aromatic nitrogens is 2. The number of H-pyrrole nitrogens is 1. The van der Waals surface area contributed by atoms with E-state index in [0.717, 1.165) is 3.92 Å². The van der Waals surface area contributed by atoms with Crippen molar-refractivity contribution in [2.75, 3.05) is 4.43 Å². The van der Waals surface area contributed by atoms with Crippen molar-refractivity contribution in [3.8, 4) is 0 Å². The molecule has 2 nitrogen and oxygen atoms in total. The predicted molar refractivity (Wildman–Crippen MR) is 47.1 cm³/mol. The van der Waals surface area contributed by atoms with Gasteiger partial charge < -0.3 is 0 Å². The molecule has 2 aromatic heterocycles. The summed E-state index contributed by atoms with van der Waals surface area (Å²) in [5.74, 6) is 0. The third kappa shape index (κ3) is 1.17. The van der Waals surface area contributed by atoms with Crippen LogP contribution in [0.2, 0.25) is 0 Å². The molecule has 0 aliphatic carbocycles. The first-order valence-corrected chi connectivity index (χ1v) is 7.17. The van der Waals surface area contributed by atoms with Gasteiger partial charge in [-0.2, -0.15) is 0 Å². The van der Waals surface area contributed by atoms with Crippen LogP contribution in [0.5, 0.6) is 0 Å². The van der Waals surface area contributed by atoms with Gasteiger partial charge in [-0.15, -0.1) is 0 Å². The van der Waals surface area contributed by atoms with E-state index < -0.39 is 0 Å². The van der Waals surface area contributed by atoms with Gasteiger partial charge in [0.2, 0.25) is 0 Å². The Morgan fingerprint density at radius 2 is 2.46 bits per heavy atom. The standard InChI is InChI=1S/C10H10IN2/c1-13-4-2-3-7-8(9-5-11-9)6-12-10(7)13/h2-4,6,9H,5H2,1H3/q-1/p+1. The molecule has 0 aromatic carbocycles. The summed E-state index contributed by atoms with van der Waals surface area (Å²) >= 11 is 0.508. The maximum absolute atomic E-state index is 3.36. The number of rotatable bonds is 1. The summed E-state index contributed by atoms with van der Waals surface area (Å²) in [6.07, 6.45) is 4.28. The Balaban J connectivity index is 2.32. The van der Waals surface area contributed by atoms with E-state index in [1.165, 1.54) is 15.5 Å². The number of aryl methyl sites for hydroxylation is 1. The first-order valence-electron chi connectivity index (χ1n) is 4.39. The molecule has 1 unspecified atom stereocenters. The number of hydrogen-bond acceptors (Lipinski definition) is 0. The first-order chi connectivity index (χ1) is 6.36. The maximum atomic E-state index is 3.36. The van der Waals surface area contributed by atoms with Gasteiger partial charge >= 0.3 is 87.3 Å². The van der Waals surface area contributed by atoms with E-state index in [0.29, 0.717) is 21.2 Å². The van der Waals surface area contributed by atoms with Crippen molar-refractivity contribution in [1.29, 1.82) is 0 Å². The number of nitrogens with one attached hydrogen (secondary N) is 1. The van der Waals surface area contributed by atoms with Gasteiger partial charge in [-0.25, -0.2) is 0 Å². The van der Waals surface area contributed by atoms with Crippen molar-refractivity contribution in [3.05, 3.63) is 30.1 Å². The summed E-state index contributed by atoms with van der Waals surface area (Å²) in [7, 11) is 2.09. The van der Waals surface area contributed by atoms with Crippen molar-refractivity contribution in [1.82, 2.24) is 4.98 Å². The Morgan fingerprint density at radius 1 is 1.62 bits per heavy atom. The molecule has 2 aromatic rings. The summed E-state index contributed by atoms with van der Waals surface area (Å²) in [5.41, 5.74) is 2.81. The molecule has 13 heavy (non-hydrogen) atoms. The summed E-state index contributed by atoms with van der Waals surface area (Å²) in [6, 6.07) is 4.35. The van der Waals surface area contributed by atoms with Gasteiger partial charge in [0.25, 0.3) is 0 Å². The second-order valence-electron chi connectivity index (χ2n) is 3.40. The molecule has 1 N–H and O–H groups in total. The van der Waals surface area contributed by atoms with E-state index in [1.54, 1.807) is 5.56 Å². The van der Waals surface area contributed by atoms with Crippen molar-refractivity contribution in [3.63, 3.8) is 0 Å². The second kappa shape index (κ2) is 2.70. The molecule has 0 radical (unpaired) electrons. The number of hydrogen-bond donors (Lipinski definition) is 1. The van der Waals surface area contributed by atoms with Gasteiger partial charge in [0, 0.05) is 0 Å². The van der Waals surface area contributed by atoms with Crippen LogP contribution in [-0.2, 0) is 7.05 Å². The van der Waals surface area contributed by atoms with E-state index in [-0.39, 0.29) is 0 Å². The summed E-state index contributed by atoms with van der Waals surface area (Å²) < 4.78 is 4.57. The monoisotopic (exact) mass is 286 g/mol. The molecule has 1 saturated heterocycles. The van der Waals surface area contributed by atoms with Crippen LogP contribution in [0.1, 0.15) is 9.49 Å². The molecule has 3 rings (SSSR count). The molecule has 0 amide bonds. The number of nitrogens with zero attached hydrogens (tertiary/aromatic N) is 1. The fourth-order valence-corrected chi connectivity index (χ4v) is 3.44. The molecule has 0 bridgehead atoms. The van der Waals surface area contributed by atoms with Gasteiger partial charge in [-0.05, 0) is 0 Å². The van der Waals surface area contributed by atoms with E-state index in [2.05, 4.69) is 41.1 Å². The molecule has 3 heterocycles. The molecule has 1 atom stereocenters. The van der Waals surface area contributed by atoms with Crippen molar-refractivity contribution < 1.29 is 25.8 Å². The first kappa shape index (κ1) is 7.79. The van der Waals surface area contributed by atoms with Gasteiger partial charge in [0.15, 0.2) is 0 Å². The minimum absolute atomic E-state index is 0.508. The van der Waals surface area contributed by atoms with Crippen LogP contribution in [0.4, 0.5) is 0 Å². The number of fused-ring (bicyclic) bond motifs is 1. The number of alkyl halides is 2. The average molecular weight is 286 g/mol. The Bertz CT molecular complexity index is 457. The summed E-state index contributed by atoms with van der Waals surface area (Å²) in [4.78, 5) is 3.36. The van der Waals surface area contributed by atoms with E-state index >= 15 is 0 Å². The second-order valence-corrected chi connectivity index (χ2v) is 6.67. The third-order valence-electron chi connectivity index (χ3n) is 2.50. The Labute approximate surface area is 87.2 Å². The SMILES string of the molecule is C[n+]1cccc2c(C3C[I-]3)c[nH]c21. The van der Waals surface area contributed by atoms with Gasteiger partial charge in [-0.1, -0.05) is 0 Å². The predicted octanol–water partition coefficient (Wildman–Crippen LogP) is -1.86. The molecular weight excluding hydrogens is 275 g/mol. The minimum atomic E-state index is 0.508. The van der Waals surface area contributed by atoms with E-state index in [4.69, 9.17) is 0 Å². The summed E-state index contributed by atoms with van der Waals surface area (Å²) in [6.45, 7) is 0. The van der Waals surface area contributed by atoms with Crippen LogP contribution in [-0.4, -0.2) is 9.41 Å². The van der Waals surface area contributed by atoms with Crippen molar-refractivity contribution in [2.45, 2.75) is 3.92 Å². The van der Waals surface area contributed by atoms with Crippen molar-refractivity contribution >= 4 is 11.0 Å². The van der Waals surface area contributed by atoms with Crippen LogP contribution in [0.25, 0.3) is 11.0 Å². The Hall–Kier alpha value is -0.580. The molecule has 1 aliphatic rings. The van der Waals surface area contributed by atoms with Gasteiger partial charge in [0.1, 0.15) is 0 Å². The quantitative estimate of drug-likeness (QED) is 0.360. The fraction of sp³-hybridized carbons (Fsp3) is 0.300. The Morgan fingerprint density at radius 3 is 3.23 bits per heavy atom. The molecule has 1 fully saturated rings. The van der Waals surface area contributed by atoms with Crippen LogP contribution < -0.4 is 25.8 Å². The van der Waals surface area contributed by atoms with Gasteiger partial charge in [-0.3, -0.25) is 0 Å². The van der Waals surface area contributed by atoms with Crippen LogP contribution in [0, 0.1) is 0 Å². The molecule has 3 heteroatoms. The van der Waals surface area contributed by atoms with Crippen LogP contribution in [0.15, 0.2) is 24.5 Å². The number of aromatic amines is 1. The number of pyridine rings is 1. The topological polar surface area (TPSA) is 19.7 Å². The molecular formula is C10H11IN2. The van der Waals surface area contributed by atoms with Gasteiger partial charge in [0.05, 0.1) is 0 Å². The zero-order valence-corrected chi connectivity index (χ0v) is 9.58. The zero-order chi connectivity index (χ0) is 8.84. The van der Waals surface area contributed by atoms with Crippen LogP contribution >= 0.6 is 0 Å². The molecule has 68 valence electrons. The molecule has 0 saturated carbocycles. The third-order valence-corrected chi connectivity index (χ3v) is 4.93. The number of halogens is 1. The summed E-state index contributed by atoms with van der Waals surface area (Å²) in [5, 5.41) is 1.42. The normalized spacial score (nSPS) is 21.5. The molecule has 0 spiro atoms. The average Bonchev–Trinajstić information content (AvgIpc) is 2.87. The van der Waals surface area contributed by atoms with Crippen molar-refractivity contribution in [2.24, 2.45) is 7.05 Å². The van der Waals surface area contributed by atoms with E-state index in [1.807, 2.05) is 0 Å². The fourth-order valence-electron chi connectivity index (χ4n) is 1.72.